The van der Waals surface area contributed by atoms with E-state index >= 15 is 0 Å². The summed E-state index contributed by atoms with van der Waals surface area (Å²) in [5, 5.41) is 9.87. The smallest absolute Gasteiger partial charge is 0.294 e. The van der Waals surface area contributed by atoms with E-state index in [0.29, 0.717) is 19.4 Å². The maximum atomic E-state index is 11.0. The van der Waals surface area contributed by atoms with Crippen LogP contribution in [0.25, 0.3) is 0 Å². The van der Waals surface area contributed by atoms with Crippen molar-refractivity contribution in [3.8, 4) is 0 Å². The van der Waals surface area contributed by atoms with Crippen LogP contribution in [-0.2, 0) is 21.3 Å². The highest BCUT2D eigenvalue weighted by Gasteiger charge is 2.09. The molecule has 0 amide bonds. The van der Waals surface area contributed by atoms with Crippen LogP contribution in [0.4, 0.5) is 0 Å². The van der Waals surface area contributed by atoms with Crippen LogP contribution in [0, 0.1) is 0 Å². The molecule has 6 heteroatoms. The molecule has 0 bridgehead atoms. The Labute approximate surface area is 164 Å². The van der Waals surface area contributed by atoms with Crippen molar-refractivity contribution in [2.75, 3.05) is 6.61 Å². The maximum absolute atomic E-state index is 11.0. The zero-order valence-corrected chi connectivity index (χ0v) is 17.4. The molecule has 2 N–H and O–H groups in total. The molecule has 1 unspecified atom stereocenters. The molecule has 0 fully saturated rings. The van der Waals surface area contributed by atoms with E-state index in [9.17, 15) is 13.5 Å². The van der Waals surface area contributed by atoms with Crippen LogP contribution in [0.15, 0.2) is 29.2 Å². The molecule has 27 heavy (non-hydrogen) atoms. The average molecular weight is 401 g/mol. The molecular formula is C21H36O5S. The normalized spacial score (nSPS) is 13.0. The van der Waals surface area contributed by atoms with Crippen LogP contribution in [0.3, 0.4) is 0 Å². The zero-order chi connectivity index (χ0) is 20.0. The van der Waals surface area contributed by atoms with Crippen LogP contribution in [0.2, 0.25) is 0 Å². The van der Waals surface area contributed by atoms with Gasteiger partial charge in [-0.1, -0.05) is 76.8 Å². The van der Waals surface area contributed by atoms with Gasteiger partial charge in [0.25, 0.3) is 10.1 Å². The fourth-order valence-electron chi connectivity index (χ4n) is 3.03. The molecule has 0 spiro atoms. The van der Waals surface area contributed by atoms with Gasteiger partial charge in [-0.05, 0) is 37.0 Å². The topological polar surface area (TPSA) is 83.8 Å². The van der Waals surface area contributed by atoms with Gasteiger partial charge in [-0.3, -0.25) is 4.55 Å². The number of rotatable bonds is 16. The van der Waals surface area contributed by atoms with E-state index < -0.39 is 16.4 Å². The van der Waals surface area contributed by atoms with E-state index in [2.05, 4.69) is 6.92 Å². The molecule has 1 rings (SSSR count). The number of hydrogen-bond acceptors (Lipinski definition) is 4. The number of unbranched alkanes of at least 4 members (excludes halogenated alkanes) is 9. The fraction of sp³-hybridized carbons (Fsp3) is 0.714. The molecule has 1 atom stereocenters. The third kappa shape index (κ3) is 12.2. The van der Waals surface area contributed by atoms with Crippen molar-refractivity contribution in [1.82, 2.24) is 0 Å². The van der Waals surface area contributed by atoms with E-state index in [-0.39, 0.29) is 4.90 Å². The molecule has 0 saturated carbocycles. The first-order valence-corrected chi connectivity index (χ1v) is 11.7. The highest BCUT2D eigenvalue weighted by molar-refractivity contribution is 7.85. The second kappa shape index (κ2) is 14.1. The van der Waals surface area contributed by atoms with Gasteiger partial charge in [0.2, 0.25) is 0 Å². The molecule has 0 aliphatic carbocycles. The van der Waals surface area contributed by atoms with Gasteiger partial charge < -0.3 is 9.84 Å². The minimum Gasteiger partial charge on any atom is -0.368 e. The van der Waals surface area contributed by atoms with Crippen molar-refractivity contribution in [3.05, 3.63) is 29.8 Å². The van der Waals surface area contributed by atoms with E-state index in [1.165, 1.54) is 63.5 Å². The summed E-state index contributed by atoms with van der Waals surface area (Å²) in [5.41, 5.74) is 0.897. The molecule has 0 saturated heterocycles. The van der Waals surface area contributed by atoms with Gasteiger partial charge in [0.05, 0.1) is 11.5 Å². The van der Waals surface area contributed by atoms with Gasteiger partial charge in [-0.15, -0.1) is 0 Å². The number of aliphatic hydroxyl groups is 1. The largest absolute Gasteiger partial charge is 0.368 e. The molecule has 0 aromatic heterocycles. The van der Waals surface area contributed by atoms with Gasteiger partial charge >= 0.3 is 0 Å². The molecule has 0 radical (unpaired) electrons. The molecule has 0 heterocycles. The maximum Gasteiger partial charge on any atom is 0.294 e. The third-order valence-electron chi connectivity index (χ3n) is 4.73. The Morgan fingerprint density at radius 1 is 0.889 bits per heavy atom. The average Bonchev–Trinajstić information content (AvgIpc) is 2.63. The minimum absolute atomic E-state index is 0.117. The number of ether oxygens (including phenoxy) is 1. The first-order valence-electron chi connectivity index (χ1n) is 10.3. The first-order chi connectivity index (χ1) is 12.9. The van der Waals surface area contributed by atoms with Gasteiger partial charge in [-0.25, -0.2) is 0 Å². The van der Waals surface area contributed by atoms with Crippen molar-refractivity contribution in [3.63, 3.8) is 0 Å². The quantitative estimate of drug-likeness (QED) is 0.228. The predicted molar refractivity (Wildman–Crippen MR) is 108 cm³/mol. The molecule has 0 aliphatic rings. The summed E-state index contributed by atoms with van der Waals surface area (Å²) in [6.45, 7) is 2.62. The van der Waals surface area contributed by atoms with Crippen LogP contribution < -0.4 is 0 Å². The van der Waals surface area contributed by atoms with Crippen LogP contribution in [0.1, 0.15) is 83.1 Å². The molecule has 1 aromatic carbocycles. The van der Waals surface area contributed by atoms with E-state index in [1.54, 1.807) is 12.1 Å². The Balaban J connectivity index is 2.00. The molecular weight excluding hydrogens is 364 g/mol. The highest BCUT2D eigenvalue weighted by Crippen LogP contribution is 2.13. The zero-order valence-electron chi connectivity index (χ0n) is 16.6. The molecule has 0 aliphatic heterocycles. The summed E-state index contributed by atoms with van der Waals surface area (Å²) in [5.74, 6) is 0. The monoisotopic (exact) mass is 400 g/mol. The summed E-state index contributed by atoms with van der Waals surface area (Å²) in [6.07, 6.45) is 13.1. The van der Waals surface area contributed by atoms with E-state index in [4.69, 9.17) is 9.29 Å². The van der Waals surface area contributed by atoms with Crippen molar-refractivity contribution in [1.29, 1.82) is 0 Å². The van der Waals surface area contributed by atoms with Gasteiger partial charge in [0.15, 0.2) is 6.29 Å². The standard InChI is InChI=1S/C21H36O5S/c1-2-3-4-5-6-7-8-9-10-11-12-21(22)26-18-17-19-13-15-20(16-14-19)27(23,24)25/h13-16,21-22H,2-12,17-18H2,1H3,(H,23,24,25). The van der Waals surface area contributed by atoms with E-state index in [0.717, 1.165) is 18.4 Å². The number of benzene rings is 1. The van der Waals surface area contributed by atoms with Crippen LogP contribution in [0.5, 0.6) is 0 Å². The van der Waals surface area contributed by atoms with Crippen LogP contribution >= 0.6 is 0 Å². The highest BCUT2D eigenvalue weighted by atomic mass is 32.2. The van der Waals surface area contributed by atoms with Crippen molar-refractivity contribution < 1.29 is 22.8 Å². The Hall–Kier alpha value is -0.950. The second-order valence-corrected chi connectivity index (χ2v) is 8.59. The second-order valence-electron chi connectivity index (χ2n) is 7.17. The van der Waals surface area contributed by atoms with Crippen molar-refractivity contribution in [2.24, 2.45) is 0 Å². The molecule has 156 valence electrons. The van der Waals surface area contributed by atoms with Gasteiger partial charge in [-0.2, -0.15) is 8.42 Å². The van der Waals surface area contributed by atoms with Gasteiger partial charge in [0, 0.05) is 0 Å². The van der Waals surface area contributed by atoms with Crippen molar-refractivity contribution >= 4 is 10.1 Å². The summed E-state index contributed by atoms with van der Waals surface area (Å²) >= 11 is 0. The minimum atomic E-state index is -4.15. The Kier molecular flexibility index (Phi) is 12.6. The summed E-state index contributed by atoms with van der Waals surface area (Å²) in [7, 11) is -4.15. The third-order valence-corrected chi connectivity index (χ3v) is 5.59. The molecule has 1 aromatic rings. The summed E-state index contributed by atoms with van der Waals surface area (Å²) in [4.78, 5) is -0.117. The first kappa shape index (κ1) is 24.1. The number of hydrogen-bond donors (Lipinski definition) is 2. The lowest BCUT2D eigenvalue weighted by atomic mass is 10.1. The fourth-order valence-corrected chi connectivity index (χ4v) is 3.51. The lowest BCUT2D eigenvalue weighted by molar-refractivity contribution is -0.103. The predicted octanol–water partition coefficient (Wildman–Crippen LogP) is 5.12. The summed E-state index contributed by atoms with van der Waals surface area (Å²) < 4.78 is 36.3. The van der Waals surface area contributed by atoms with E-state index in [1.807, 2.05) is 0 Å². The Bertz CT molecular complexity index is 583. The Morgan fingerprint density at radius 3 is 1.93 bits per heavy atom. The SMILES string of the molecule is CCCCCCCCCCCCC(O)OCCc1ccc(S(=O)(=O)O)cc1. The van der Waals surface area contributed by atoms with Crippen LogP contribution in [-0.4, -0.2) is 31.0 Å². The van der Waals surface area contributed by atoms with Gasteiger partial charge in [0.1, 0.15) is 0 Å². The lowest BCUT2D eigenvalue weighted by Gasteiger charge is -2.12. The van der Waals surface area contributed by atoms with Crippen molar-refractivity contribution in [2.45, 2.75) is 95.2 Å². The Morgan fingerprint density at radius 2 is 1.41 bits per heavy atom. The summed E-state index contributed by atoms with van der Waals surface area (Å²) in [6, 6.07) is 6.01. The lowest BCUT2D eigenvalue weighted by Crippen LogP contribution is -2.13. The number of aliphatic hydroxyl groups excluding tert-OH is 1. The molecule has 5 nitrogen and oxygen atoms in total.